The molecule has 0 heterocycles. The Morgan fingerprint density at radius 1 is 1.42 bits per heavy atom. The summed E-state index contributed by atoms with van der Waals surface area (Å²) < 4.78 is 18.4. The van der Waals surface area contributed by atoms with Crippen LogP contribution in [0.2, 0.25) is 0 Å². The van der Waals surface area contributed by atoms with Crippen LogP contribution in [0, 0.1) is 11.2 Å². The topological polar surface area (TPSA) is 63.6 Å². The second-order valence-electron chi connectivity index (χ2n) is 4.76. The van der Waals surface area contributed by atoms with Crippen LogP contribution in [0.1, 0.15) is 30.6 Å². The largest absolute Gasteiger partial charge is 0.496 e. The monoisotopic (exact) mass is 332 g/mol. The van der Waals surface area contributed by atoms with Gasteiger partial charge in [0.1, 0.15) is 11.6 Å². The molecule has 6 heteroatoms. The van der Waals surface area contributed by atoms with Crippen molar-refractivity contribution in [3.63, 3.8) is 0 Å². The summed E-state index contributed by atoms with van der Waals surface area (Å²) in [6, 6.07) is 2.39. The van der Waals surface area contributed by atoms with Gasteiger partial charge in [-0.25, -0.2) is 4.39 Å². The van der Waals surface area contributed by atoms with Crippen molar-refractivity contribution in [3.8, 4) is 5.75 Å². The van der Waals surface area contributed by atoms with E-state index in [0.29, 0.717) is 0 Å². The number of Topliss-reactive ketones (excluding diaryl/α,β-unsaturated/α-hetero) is 1. The Morgan fingerprint density at radius 3 is 2.47 bits per heavy atom. The minimum absolute atomic E-state index is 0.0897. The van der Waals surface area contributed by atoms with E-state index < -0.39 is 23.0 Å². The van der Waals surface area contributed by atoms with Crippen molar-refractivity contribution in [1.29, 1.82) is 0 Å². The molecule has 0 radical (unpaired) electrons. The van der Waals surface area contributed by atoms with Crippen molar-refractivity contribution in [1.82, 2.24) is 0 Å². The smallest absolute Gasteiger partial charge is 0.309 e. The van der Waals surface area contributed by atoms with Crippen LogP contribution in [0.3, 0.4) is 0 Å². The van der Waals surface area contributed by atoms with Gasteiger partial charge in [-0.1, -0.05) is 0 Å². The van der Waals surface area contributed by atoms with Gasteiger partial charge in [-0.2, -0.15) is 0 Å². The molecule has 0 aromatic heterocycles. The molecule has 0 unspecified atom stereocenters. The number of hydrogen-bond donors (Lipinski definition) is 1. The number of hydrogen-bond acceptors (Lipinski definition) is 3. The number of ether oxygens (including phenoxy) is 1. The summed E-state index contributed by atoms with van der Waals surface area (Å²) in [5, 5.41) is 9.01. The normalized spacial score (nSPS) is 11.2. The molecule has 0 aliphatic carbocycles. The second kappa shape index (κ2) is 5.69. The number of halogens is 2. The third-order valence-corrected chi connectivity index (χ3v) is 3.33. The first-order chi connectivity index (χ1) is 8.69. The van der Waals surface area contributed by atoms with Gasteiger partial charge in [0, 0.05) is 12.5 Å². The summed E-state index contributed by atoms with van der Waals surface area (Å²) in [4.78, 5) is 23.1. The number of carbonyl (C=O) groups excluding carboxylic acids is 1. The molecular weight excluding hydrogens is 319 g/mol. The van der Waals surface area contributed by atoms with Gasteiger partial charge in [0.25, 0.3) is 0 Å². The first-order valence-corrected chi connectivity index (χ1v) is 6.28. The van der Waals surface area contributed by atoms with Crippen LogP contribution in [0.25, 0.3) is 0 Å². The molecule has 0 saturated heterocycles. The highest BCUT2D eigenvalue weighted by atomic mass is 79.9. The van der Waals surface area contributed by atoms with Crippen molar-refractivity contribution in [3.05, 3.63) is 28.0 Å². The van der Waals surface area contributed by atoms with Crippen molar-refractivity contribution >= 4 is 27.7 Å². The van der Waals surface area contributed by atoms with Gasteiger partial charge in [-0.05, 0) is 35.8 Å². The van der Waals surface area contributed by atoms with E-state index in [0.717, 1.165) is 6.07 Å². The van der Waals surface area contributed by atoms with Crippen LogP contribution >= 0.6 is 15.9 Å². The second-order valence-corrected chi connectivity index (χ2v) is 5.61. The number of benzene rings is 1. The molecule has 104 valence electrons. The zero-order valence-electron chi connectivity index (χ0n) is 10.8. The third kappa shape index (κ3) is 3.53. The zero-order valence-corrected chi connectivity index (χ0v) is 12.4. The van der Waals surface area contributed by atoms with Crippen LogP contribution in [0.4, 0.5) is 4.39 Å². The first kappa shape index (κ1) is 15.6. The van der Waals surface area contributed by atoms with Gasteiger partial charge in [-0.3, -0.25) is 9.59 Å². The highest BCUT2D eigenvalue weighted by Crippen LogP contribution is 2.30. The number of methoxy groups -OCH3 is 1. The Balaban J connectivity index is 3.13. The predicted octanol–water partition coefficient (Wildman–Crippen LogP) is 3.28. The average molecular weight is 333 g/mol. The molecule has 0 spiro atoms. The van der Waals surface area contributed by atoms with Crippen LogP contribution in [0.15, 0.2) is 16.6 Å². The predicted molar refractivity (Wildman–Crippen MR) is 71.0 cm³/mol. The number of carbonyl (C=O) groups is 2. The fraction of sp³-hybridized carbons (Fsp3) is 0.385. The Hall–Kier alpha value is -1.43. The molecule has 0 aliphatic heterocycles. The maximum absolute atomic E-state index is 13.3. The van der Waals surface area contributed by atoms with Crippen molar-refractivity contribution in [2.24, 2.45) is 5.41 Å². The summed E-state index contributed by atoms with van der Waals surface area (Å²) >= 11 is 2.99. The third-order valence-electron chi connectivity index (χ3n) is 2.72. The van der Waals surface area contributed by atoms with Crippen LogP contribution < -0.4 is 4.74 Å². The molecule has 1 aromatic rings. The average Bonchev–Trinajstić information content (AvgIpc) is 2.31. The van der Waals surface area contributed by atoms with Gasteiger partial charge >= 0.3 is 5.97 Å². The number of rotatable bonds is 5. The summed E-state index contributed by atoms with van der Waals surface area (Å²) in [7, 11) is 1.32. The van der Waals surface area contributed by atoms with Gasteiger partial charge in [-0.15, -0.1) is 0 Å². The minimum Gasteiger partial charge on any atom is -0.496 e. The maximum atomic E-state index is 13.3. The highest BCUT2D eigenvalue weighted by Gasteiger charge is 2.31. The molecule has 0 fully saturated rings. The minimum atomic E-state index is -1.19. The van der Waals surface area contributed by atoms with Crippen LogP contribution in [-0.4, -0.2) is 24.0 Å². The fourth-order valence-corrected chi connectivity index (χ4v) is 1.83. The van der Waals surface area contributed by atoms with E-state index in [-0.39, 0.29) is 22.2 Å². The van der Waals surface area contributed by atoms with Crippen molar-refractivity contribution in [2.45, 2.75) is 20.3 Å². The van der Waals surface area contributed by atoms with Gasteiger partial charge < -0.3 is 9.84 Å². The Bertz CT molecular complexity index is 526. The fourth-order valence-electron chi connectivity index (χ4n) is 1.49. The molecule has 0 atom stereocenters. The highest BCUT2D eigenvalue weighted by molar-refractivity contribution is 9.10. The van der Waals surface area contributed by atoms with Crippen molar-refractivity contribution < 1.29 is 23.8 Å². The summed E-state index contributed by atoms with van der Waals surface area (Å²) in [6.07, 6.45) is -0.198. The lowest BCUT2D eigenvalue weighted by Gasteiger charge is -2.18. The molecular formula is C13H14BrFO4. The number of aliphatic carboxylic acids is 1. The lowest BCUT2D eigenvalue weighted by atomic mass is 9.85. The molecule has 0 aliphatic rings. The quantitative estimate of drug-likeness (QED) is 0.840. The standard InChI is InChI=1S/C13H14BrFO4/c1-13(2,12(17)18)6-10(16)7-4-8(14)9(15)5-11(7)19-3/h4-5H,6H2,1-3H3,(H,17,18). The van der Waals surface area contributed by atoms with E-state index in [9.17, 15) is 14.0 Å². The number of carboxylic acid groups (broad SMARTS) is 1. The van der Waals surface area contributed by atoms with Crippen LogP contribution in [-0.2, 0) is 4.79 Å². The number of carboxylic acids is 1. The molecule has 0 saturated carbocycles. The SMILES string of the molecule is COc1cc(F)c(Br)cc1C(=O)CC(C)(C)C(=O)O. The molecule has 1 rings (SSSR count). The first-order valence-electron chi connectivity index (χ1n) is 5.48. The van der Waals surface area contributed by atoms with Gasteiger partial charge in [0.15, 0.2) is 5.78 Å². The summed E-state index contributed by atoms with van der Waals surface area (Å²) in [5.41, 5.74) is -1.03. The van der Waals surface area contributed by atoms with Gasteiger partial charge in [0.05, 0.1) is 22.6 Å². The Kier molecular flexibility index (Phi) is 4.68. The van der Waals surface area contributed by atoms with E-state index in [1.54, 1.807) is 0 Å². The maximum Gasteiger partial charge on any atom is 0.309 e. The van der Waals surface area contributed by atoms with E-state index in [4.69, 9.17) is 9.84 Å². The van der Waals surface area contributed by atoms with Crippen molar-refractivity contribution in [2.75, 3.05) is 7.11 Å². The molecule has 4 nitrogen and oxygen atoms in total. The van der Waals surface area contributed by atoms with E-state index in [1.807, 2.05) is 0 Å². The van der Waals surface area contributed by atoms with Crippen LogP contribution in [0.5, 0.6) is 5.75 Å². The Labute approximate surface area is 118 Å². The van der Waals surface area contributed by atoms with Gasteiger partial charge in [0.2, 0.25) is 0 Å². The molecule has 1 aromatic carbocycles. The van der Waals surface area contributed by atoms with E-state index in [1.165, 1.54) is 27.0 Å². The lowest BCUT2D eigenvalue weighted by molar-refractivity contribution is -0.146. The Morgan fingerprint density at radius 2 is 2.00 bits per heavy atom. The molecule has 19 heavy (non-hydrogen) atoms. The van der Waals surface area contributed by atoms with E-state index >= 15 is 0 Å². The summed E-state index contributed by atoms with van der Waals surface area (Å²) in [5.74, 6) is -1.94. The summed E-state index contributed by atoms with van der Waals surface area (Å²) in [6.45, 7) is 2.91. The lowest BCUT2D eigenvalue weighted by Crippen LogP contribution is -2.27. The molecule has 0 amide bonds. The molecule has 0 bridgehead atoms. The zero-order chi connectivity index (χ0) is 14.8. The number of ketones is 1. The van der Waals surface area contributed by atoms with E-state index in [2.05, 4.69) is 15.9 Å². The molecule has 1 N–H and O–H groups in total.